The van der Waals surface area contributed by atoms with Crippen LogP contribution in [0.15, 0.2) is 16.6 Å². The van der Waals surface area contributed by atoms with Gasteiger partial charge in [0.1, 0.15) is 5.75 Å². The third kappa shape index (κ3) is 1.86. The quantitative estimate of drug-likeness (QED) is 0.886. The van der Waals surface area contributed by atoms with Crippen molar-refractivity contribution in [3.8, 4) is 5.75 Å². The topological polar surface area (TPSA) is 21.3 Å². The molecule has 2 nitrogen and oxygen atoms in total. The summed E-state index contributed by atoms with van der Waals surface area (Å²) < 4.78 is 7.08. The second-order valence-corrected chi connectivity index (χ2v) is 8.18. The molecule has 0 saturated heterocycles. The Labute approximate surface area is 130 Å². The lowest BCUT2D eigenvalue weighted by molar-refractivity contribution is 0.341. The fourth-order valence-electron chi connectivity index (χ4n) is 4.11. The summed E-state index contributed by atoms with van der Waals surface area (Å²) in [6.07, 6.45) is 1.02. The Balaban J connectivity index is 2.04. The van der Waals surface area contributed by atoms with E-state index >= 15 is 0 Å². The minimum atomic E-state index is 0.351. The van der Waals surface area contributed by atoms with Gasteiger partial charge in [-0.2, -0.15) is 0 Å². The summed E-state index contributed by atoms with van der Waals surface area (Å²) in [5.74, 6) is 1.74. The van der Waals surface area contributed by atoms with E-state index in [-0.39, 0.29) is 0 Å². The SMILES string of the molecule is CNC(c1cc(Br)cc2c1OCC2)C1C(C)(C)C1(C)C. The van der Waals surface area contributed by atoms with Crippen molar-refractivity contribution >= 4 is 15.9 Å². The molecule has 1 atom stereocenters. The molecule has 1 unspecified atom stereocenters. The molecule has 0 bridgehead atoms. The highest BCUT2D eigenvalue weighted by Gasteiger charge is 2.67. The van der Waals surface area contributed by atoms with Crippen LogP contribution in [0.5, 0.6) is 5.75 Å². The Morgan fingerprint density at radius 1 is 1.25 bits per heavy atom. The number of rotatable bonds is 3. The molecule has 1 aliphatic heterocycles. The van der Waals surface area contributed by atoms with Crippen molar-refractivity contribution in [3.63, 3.8) is 0 Å². The van der Waals surface area contributed by atoms with Gasteiger partial charge in [-0.15, -0.1) is 0 Å². The van der Waals surface area contributed by atoms with Crippen molar-refractivity contribution in [2.45, 2.75) is 40.2 Å². The van der Waals surface area contributed by atoms with Crippen LogP contribution in [0.3, 0.4) is 0 Å². The fourth-order valence-corrected chi connectivity index (χ4v) is 4.63. The van der Waals surface area contributed by atoms with E-state index in [2.05, 4.69) is 68.1 Å². The standard InChI is InChI=1S/C17H24BrNO/c1-16(2)15(17(16,3)4)13(19-5)12-9-11(18)8-10-6-7-20-14(10)12/h8-9,13,15,19H,6-7H2,1-5H3. The average molecular weight is 338 g/mol. The third-order valence-electron chi connectivity index (χ3n) is 5.89. The molecular formula is C17H24BrNO. The summed E-state index contributed by atoms with van der Waals surface area (Å²) in [6, 6.07) is 4.78. The number of halogens is 1. The normalized spacial score (nSPS) is 24.1. The summed E-state index contributed by atoms with van der Waals surface area (Å²) in [7, 11) is 2.07. The van der Waals surface area contributed by atoms with Crippen LogP contribution in [0.2, 0.25) is 0 Å². The second kappa shape index (κ2) is 4.48. The van der Waals surface area contributed by atoms with Gasteiger partial charge in [0.05, 0.1) is 6.61 Å². The highest BCUT2D eigenvalue weighted by molar-refractivity contribution is 9.10. The van der Waals surface area contributed by atoms with Gasteiger partial charge in [-0.05, 0) is 41.5 Å². The molecule has 2 aliphatic rings. The molecule has 1 heterocycles. The summed E-state index contributed by atoms with van der Waals surface area (Å²) >= 11 is 3.66. The number of hydrogen-bond acceptors (Lipinski definition) is 2. The van der Waals surface area contributed by atoms with Crippen molar-refractivity contribution in [3.05, 3.63) is 27.7 Å². The Morgan fingerprint density at radius 2 is 1.90 bits per heavy atom. The molecular weight excluding hydrogens is 314 g/mol. The molecule has 0 amide bonds. The van der Waals surface area contributed by atoms with E-state index in [4.69, 9.17) is 4.74 Å². The second-order valence-electron chi connectivity index (χ2n) is 7.27. The molecule has 20 heavy (non-hydrogen) atoms. The number of hydrogen-bond donors (Lipinski definition) is 1. The van der Waals surface area contributed by atoms with Gasteiger partial charge < -0.3 is 10.1 Å². The molecule has 3 rings (SSSR count). The predicted molar refractivity (Wildman–Crippen MR) is 86.2 cm³/mol. The van der Waals surface area contributed by atoms with Crippen molar-refractivity contribution in [2.75, 3.05) is 13.7 Å². The van der Waals surface area contributed by atoms with Gasteiger partial charge in [0, 0.05) is 22.5 Å². The first-order valence-corrected chi connectivity index (χ1v) is 8.22. The lowest BCUT2D eigenvalue weighted by Crippen LogP contribution is -2.22. The maximum absolute atomic E-state index is 5.92. The van der Waals surface area contributed by atoms with Crippen molar-refractivity contribution in [1.29, 1.82) is 0 Å². The van der Waals surface area contributed by atoms with E-state index < -0.39 is 0 Å². The minimum absolute atomic E-state index is 0.351. The van der Waals surface area contributed by atoms with E-state index in [9.17, 15) is 0 Å². The van der Waals surface area contributed by atoms with Gasteiger partial charge in [-0.1, -0.05) is 43.6 Å². The summed E-state index contributed by atoms with van der Waals surface area (Å²) in [6.45, 7) is 10.3. The first-order chi connectivity index (χ1) is 9.30. The van der Waals surface area contributed by atoms with E-state index in [0.29, 0.717) is 22.8 Å². The molecule has 3 heteroatoms. The first kappa shape index (κ1) is 14.4. The summed E-state index contributed by atoms with van der Waals surface area (Å²) in [4.78, 5) is 0. The molecule has 0 radical (unpaired) electrons. The average Bonchev–Trinajstić information content (AvgIpc) is 2.72. The molecule has 1 aromatic carbocycles. The fraction of sp³-hybridized carbons (Fsp3) is 0.647. The Bertz CT molecular complexity index is 536. The zero-order valence-corrected chi connectivity index (χ0v) is 14.6. The smallest absolute Gasteiger partial charge is 0.127 e. The van der Waals surface area contributed by atoms with Crippen LogP contribution in [0.4, 0.5) is 0 Å². The highest BCUT2D eigenvalue weighted by Crippen LogP contribution is 2.72. The van der Waals surface area contributed by atoms with Crippen molar-refractivity contribution in [1.82, 2.24) is 5.32 Å². The number of nitrogens with one attached hydrogen (secondary N) is 1. The van der Waals surface area contributed by atoms with Crippen molar-refractivity contribution in [2.24, 2.45) is 16.7 Å². The highest BCUT2D eigenvalue weighted by atomic mass is 79.9. The van der Waals surface area contributed by atoms with E-state index in [1.54, 1.807) is 0 Å². The van der Waals surface area contributed by atoms with E-state index in [1.807, 2.05) is 0 Å². The van der Waals surface area contributed by atoms with E-state index in [0.717, 1.165) is 23.2 Å². The number of fused-ring (bicyclic) bond motifs is 1. The van der Waals surface area contributed by atoms with Gasteiger partial charge in [0.25, 0.3) is 0 Å². The van der Waals surface area contributed by atoms with Crippen LogP contribution in [-0.2, 0) is 6.42 Å². The Hall–Kier alpha value is -0.540. The van der Waals surface area contributed by atoms with E-state index in [1.165, 1.54) is 11.1 Å². The van der Waals surface area contributed by atoms with Crippen LogP contribution in [-0.4, -0.2) is 13.7 Å². The molecule has 1 aliphatic carbocycles. The third-order valence-corrected chi connectivity index (χ3v) is 6.35. The van der Waals surface area contributed by atoms with Gasteiger partial charge in [0.2, 0.25) is 0 Å². The van der Waals surface area contributed by atoms with Gasteiger partial charge in [-0.25, -0.2) is 0 Å². The van der Waals surface area contributed by atoms with Crippen LogP contribution in [0.1, 0.15) is 44.9 Å². The maximum atomic E-state index is 5.92. The van der Waals surface area contributed by atoms with Crippen LogP contribution < -0.4 is 10.1 Å². The van der Waals surface area contributed by atoms with Gasteiger partial charge in [0.15, 0.2) is 0 Å². The number of benzene rings is 1. The lowest BCUT2D eigenvalue weighted by Gasteiger charge is -2.22. The largest absolute Gasteiger partial charge is 0.493 e. The molecule has 1 aromatic rings. The number of ether oxygens (including phenoxy) is 1. The van der Waals surface area contributed by atoms with Gasteiger partial charge >= 0.3 is 0 Å². The Kier molecular flexibility index (Phi) is 3.22. The summed E-state index contributed by atoms with van der Waals surface area (Å²) in [5, 5.41) is 3.55. The zero-order valence-electron chi connectivity index (χ0n) is 13.0. The van der Waals surface area contributed by atoms with Crippen molar-refractivity contribution < 1.29 is 4.74 Å². The van der Waals surface area contributed by atoms with Crippen LogP contribution in [0.25, 0.3) is 0 Å². The molecule has 0 spiro atoms. The Morgan fingerprint density at radius 3 is 2.45 bits per heavy atom. The lowest BCUT2D eigenvalue weighted by atomic mass is 9.94. The molecule has 110 valence electrons. The van der Waals surface area contributed by atoms with Crippen LogP contribution in [0, 0.1) is 16.7 Å². The summed E-state index contributed by atoms with van der Waals surface area (Å²) in [5.41, 5.74) is 3.37. The molecule has 1 saturated carbocycles. The minimum Gasteiger partial charge on any atom is -0.493 e. The molecule has 1 N–H and O–H groups in total. The predicted octanol–water partition coefficient (Wildman–Crippen LogP) is 4.33. The first-order valence-electron chi connectivity index (χ1n) is 7.43. The molecule has 1 fully saturated rings. The maximum Gasteiger partial charge on any atom is 0.127 e. The van der Waals surface area contributed by atoms with Gasteiger partial charge in [-0.3, -0.25) is 0 Å². The zero-order chi connectivity index (χ0) is 14.7. The van der Waals surface area contributed by atoms with Crippen LogP contribution >= 0.6 is 15.9 Å². The molecule has 0 aromatic heterocycles. The monoisotopic (exact) mass is 337 g/mol.